The van der Waals surface area contributed by atoms with Crippen molar-refractivity contribution in [3.8, 4) is 0 Å². The first-order chi connectivity index (χ1) is 10.2. The molecule has 1 heterocycles. The van der Waals surface area contributed by atoms with Crippen LogP contribution in [-0.2, 0) is 4.74 Å². The maximum atomic E-state index is 6.07. The summed E-state index contributed by atoms with van der Waals surface area (Å²) in [6, 6.07) is 6.36. The second-order valence-electron chi connectivity index (χ2n) is 5.88. The highest BCUT2D eigenvalue weighted by Crippen LogP contribution is 2.28. The van der Waals surface area contributed by atoms with E-state index in [1.165, 1.54) is 17.5 Å². The molecule has 2 unspecified atom stereocenters. The van der Waals surface area contributed by atoms with E-state index in [0.717, 1.165) is 37.6 Å². The number of ether oxygens (including phenoxy) is 1. The Labute approximate surface area is 133 Å². The first kappa shape index (κ1) is 16.8. The van der Waals surface area contributed by atoms with Crippen LogP contribution in [0, 0.1) is 6.92 Å². The third-order valence-corrected chi connectivity index (χ3v) is 4.46. The molecule has 0 aliphatic carbocycles. The molecule has 1 aliphatic heterocycles. The van der Waals surface area contributed by atoms with E-state index >= 15 is 0 Å². The lowest BCUT2D eigenvalue weighted by atomic mass is 9.97. The molecular weight excluding hydrogens is 284 g/mol. The minimum Gasteiger partial charge on any atom is -0.377 e. The van der Waals surface area contributed by atoms with Crippen LogP contribution in [0.4, 0.5) is 0 Å². The number of likely N-dealkylation sites (tertiary alicyclic amines) is 1. The van der Waals surface area contributed by atoms with Crippen LogP contribution in [0.3, 0.4) is 0 Å². The molecule has 1 aromatic rings. The van der Waals surface area contributed by atoms with Crippen molar-refractivity contribution in [3.05, 3.63) is 34.3 Å². The molecule has 3 nitrogen and oxygen atoms in total. The van der Waals surface area contributed by atoms with Gasteiger partial charge >= 0.3 is 0 Å². The molecule has 1 fully saturated rings. The summed E-state index contributed by atoms with van der Waals surface area (Å²) in [6.07, 6.45) is 3.76. The molecule has 2 N–H and O–H groups in total. The number of halogens is 1. The highest BCUT2D eigenvalue weighted by Gasteiger charge is 2.27. The summed E-state index contributed by atoms with van der Waals surface area (Å²) < 4.78 is 5.94. The lowest BCUT2D eigenvalue weighted by Crippen LogP contribution is -2.44. The number of aryl methyl sites for hydroxylation is 1. The monoisotopic (exact) mass is 310 g/mol. The van der Waals surface area contributed by atoms with E-state index in [-0.39, 0.29) is 6.04 Å². The number of rotatable bonds is 6. The number of nitrogens with zero attached hydrogens (tertiary/aromatic N) is 1. The smallest absolute Gasteiger partial charge is 0.0702 e. The van der Waals surface area contributed by atoms with Crippen LogP contribution >= 0.6 is 11.6 Å². The van der Waals surface area contributed by atoms with Crippen molar-refractivity contribution < 1.29 is 4.74 Å². The largest absolute Gasteiger partial charge is 0.377 e. The molecule has 4 heteroatoms. The molecular formula is C17H27ClN2O. The maximum Gasteiger partial charge on any atom is 0.0702 e. The standard InChI is InChI=1S/C17H27ClN2O/c1-3-9-21-15-5-4-8-20(12-15)17(11-19)16-7-6-14(18)10-13(16)2/h6-7,10,15,17H,3-5,8-9,11-12,19H2,1-2H3. The van der Waals surface area contributed by atoms with Gasteiger partial charge in [-0.15, -0.1) is 0 Å². The Hall–Kier alpha value is -0.610. The van der Waals surface area contributed by atoms with Crippen molar-refractivity contribution in [1.82, 2.24) is 4.90 Å². The molecule has 118 valence electrons. The third kappa shape index (κ3) is 4.43. The summed E-state index contributed by atoms with van der Waals surface area (Å²) in [5.74, 6) is 0. The van der Waals surface area contributed by atoms with Gasteiger partial charge in [-0.1, -0.05) is 24.6 Å². The number of piperidine rings is 1. The Balaban J connectivity index is 2.09. The van der Waals surface area contributed by atoms with E-state index in [2.05, 4.69) is 24.8 Å². The normalized spacial score (nSPS) is 21.4. The Morgan fingerprint density at radius 1 is 1.48 bits per heavy atom. The summed E-state index contributed by atoms with van der Waals surface area (Å²) in [5.41, 5.74) is 8.58. The van der Waals surface area contributed by atoms with E-state index in [0.29, 0.717) is 12.6 Å². The van der Waals surface area contributed by atoms with Gasteiger partial charge in [0.1, 0.15) is 0 Å². The maximum absolute atomic E-state index is 6.07. The number of benzene rings is 1. The second-order valence-corrected chi connectivity index (χ2v) is 6.32. The molecule has 21 heavy (non-hydrogen) atoms. The van der Waals surface area contributed by atoms with E-state index in [4.69, 9.17) is 22.1 Å². The van der Waals surface area contributed by atoms with Crippen molar-refractivity contribution in [2.24, 2.45) is 5.73 Å². The van der Waals surface area contributed by atoms with Crippen molar-refractivity contribution in [2.75, 3.05) is 26.2 Å². The quantitative estimate of drug-likeness (QED) is 0.873. The summed E-state index contributed by atoms with van der Waals surface area (Å²) in [7, 11) is 0. The zero-order valence-electron chi connectivity index (χ0n) is 13.1. The minimum atomic E-state index is 0.260. The molecule has 1 aromatic carbocycles. The summed E-state index contributed by atoms with van der Waals surface area (Å²) in [4.78, 5) is 2.47. The zero-order chi connectivity index (χ0) is 15.2. The lowest BCUT2D eigenvalue weighted by Gasteiger charge is -2.38. The van der Waals surface area contributed by atoms with Crippen LogP contribution in [0.1, 0.15) is 43.4 Å². The predicted molar refractivity (Wildman–Crippen MR) is 88.8 cm³/mol. The van der Waals surface area contributed by atoms with Crippen LogP contribution in [0.5, 0.6) is 0 Å². The fourth-order valence-electron chi connectivity index (χ4n) is 3.16. The van der Waals surface area contributed by atoms with Crippen molar-refractivity contribution >= 4 is 11.6 Å². The van der Waals surface area contributed by atoms with Gasteiger partial charge in [0.2, 0.25) is 0 Å². The van der Waals surface area contributed by atoms with Crippen molar-refractivity contribution in [1.29, 1.82) is 0 Å². The zero-order valence-corrected chi connectivity index (χ0v) is 13.9. The highest BCUT2D eigenvalue weighted by molar-refractivity contribution is 6.30. The molecule has 2 atom stereocenters. The van der Waals surface area contributed by atoms with Gasteiger partial charge in [-0.25, -0.2) is 0 Å². The number of nitrogens with two attached hydrogens (primary N) is 1. The molecule has 1 aliphatic rings. The van der Waals surface area contributed by atoms with Crippen molar-refractivity contribution in [3.63, 3.8) is 0 Å². The van der Waals surface area contributed by atoms with Gasteiger partial charge < -0.3 is 10.5 Å². The molecule has 0 aromatic heterocycles. The van der Waals surface area contributed by atoms with Crippen LogP contribution in [-0.4, -0.2) is 37.2 Å². The average molecular weight is 311 g/mol. The van der Waals surface area contributed by atoms with Crippen molar-refractivity contribution in [2.45, 2.75) is 45.3 Å². The lowest BCUT2D eigenvalue weighted by molar-refractivity contribution is -0.0119. The minimum absolute atomic E-state index is 0.260. The Bertz CT molecular complexity index is 452. The fraction of sp³-hybridized carbons (Fsp3) is 0.647. The SMILES string of the molecule is CCCOC1CCCN(C(CN)c2ccc(Cl)cc2C)C1. The van der Waals surface area contributed by atoms with E-state index in [1.807, 2.05) is 12.1 Å². The first-order valence-corrected chi connectivity index (χ1v) is 8.35. The molecule has 0 spiro atoms. The van der Waals surface area contributed by atoms with E-state index in [1.54, 1.807) is 0 Å². The molecule has 0 saturated carbocycles. The number of hydrogen-bond donors (Lipinski definition) is 1. The van der Waals surface area contributed by atoms with E-state index in [9.17, 15) is 0 Å². The second kappa shape index (κ2) is 8.14. The molecule has 0 amide bonds. The van der Waals surface area contributed by atoms with Crippen LogP contribution in [0.2, 0.25) is 5.02 Å². The first-order valence-electron chi connectivity index (χ1n) is 7.97. The molecule has 0 bridgehead atoms. The van der Waals surface area contributed by atoms with Gasteiger partial charge in [0.05, 0.1) is 6.10 Å². The summed E-state index contributed by atoms with van der Waals surface area (Å²) in [5, 5.41) is 0.787. The van der Waals surface area contributed by atoms with Gasteiger partial charge in [-0.05, 0) is 56.0 Å². The van der Waals surface area contributed by atoms with Crippen LogP contribution in [0.25, 0.3) is 0 Å². The summed E-state index contributed by atoms with van der Waals surface area (Å²) >= 11 is 6.07. The van der Waals surface area contributed by atoms with Gasteiger partial charge in [0.15, 0.2) is 0 Å². The van der Waals surface area contributed by atoms with Crippen LogP contribution < -0.4 is 5.73 Å². The Kier molecular flexibility index (Phi) is 6.49. The molecule has 1 saturated heterocycles. The summed E-state index contributed by atoms with van der Waals surface area (Å²) in [6.45, 7) is 7.81. The fourth-order valence-corrected chi connectivity index (χ4v) is 3.38. The Morgan fingerprint density at radius 3 is 2.95 bits per heavy atom. The van der Waals surface area contributed by atoms with Crippen LogP contribution in [0.15, 0.2) is 18.2 Å². The highest BCUT2D eigenvalue weighted by atomic mass is 35.5. The van der Waals surface area contributed by atoms with Gasteiger partial charge in [-0.2, -0.15) is 0 Å². The Morgan fingerprint density at radius 2 is 2.29 bits per heavy atom. The topological polar surface area (TPSA) is 38.5 Å². The predicted octanol–water partition coefficient (Wildman–Crippen LogP) is 3.54. The molecule has 0 radical (unpaired) electrons. The molecule has 2 rings (SSSR count). The van der Waals surface area contributed by atoms with Gasteiger partial charge in [-0.3, -0.25) is 4.90 Å². The van der Waals surface area contributed by atoms with Gasteiger partial charge in [0, 0.05) is 30.8 Å². The average Bonchev–Trinajstić information content (AvgIpc) is 2.48. The number of hydrogen-bond acceptors (Lipinski definition) is 3. The third-order valence-electron chi connectivity index (χ3n) is 4.22. The van der Waals surface area contributed by atoms with E-state index < -0.39 is 0 Å². The van der Waals surface area contributed by atoms with Gasteiger partial charge in [0.25, 0.3) is 0 Å².